The fourth-order valence-electron chi connectivity index (χ4n) is 3.40. The summed E-state index contributed by atoms with van der Waals surface area (Å²) in [4.78, 5) is 35.9. The zero-order valence-electron chi connectivity index (χ0n) is 15.8. The smallest absolute Gasteiger partial charge is 0.261 e. The Morgan fingerprint density at radius 3 is 2.63 bits per heavy atom. The summed E-state index contributed by atoms with van der Waals surface area (Å²) in [7, 11) is -4.11. The Kier molecular flexibility index (Phi) is 5.27. The van der Waals surface area contributed by atoms with Gasteiger partial charge in [0, 0.05) is 13.2 Å². The predicted molar refractivity (Wildman–Crippen MR) is 107 cm³/mol. The average molecular weight is 429 g/mol. The third kappa shape index (κ3) is 3.91. The second kappa shape index (κ2) is 7.88. The Morgan fingerprint density at radius 2 is 1.87 bits per heavy atom. The van der Waals surface area contributed by atoms with Crippen molar-refractivity contribution in [1.82, 2.24) is 10.6 Å². The molecule has 2 aromatic carbocycles. The Morgan fingerprint density at radius 1 is 1.10 bits per heavy atom. The Hall–Kier alpha value is -3.24. The lowest BCUT2D eigenvalue weighted by atomic mass is 10.1. The minimum Gasteiger partial charge on any atom is -0.376 e. The van der Waals surface area contributed by atoms with E-state index in [1.165, 1.54) is 24.3 Å². The number of fused-ring (bicyclic) bond motifs is 1. The van der Waals surface area contributed by atoms with Crippen LogP contribution < -0.4 is 15.4 Å². The van der Waals surface area contributed by atoms with E-state index in [0.29, 0.717) is 13.2 Å². The molecule has 4 rings (SSSR count). The highest BCUT2D eigenvalue weighted by molar-refractivity contribution is 7.92. The molecule has 3 N–H and O–H groups in total. The maximum Gasteiger partial charge on any atom is 0.261 e. The van der Waals surface area contributed by atoms with Gasteiger partial charge in [-0.2, -0.15) is 0 Å². The topological polar surface area (TPSA) is 131 Å². The normalized spacial score (nSPS) is 18.1. The molecule has 0 saturated carbocycles. The molecule has 10 heteroatoms. The Bertz CT molecular complexity index is 1140. The van der Waals surface area contributed by atoms with Crippen molar-refractivity contribution in [3.05, 3.63) is 59.2 Å². The number of anilines is 1. The zero-order chi connectivity index (χ0) is 21.3. The van der Waals surface area contributed by atoms with Crippen LogP contribution in [0.5, 0.6) is 0 Å². The summed E-state index contributed by atoms with van der Waals surface area (Å²) in [5.74, 6) is -1.65. The molecule has 0 spiro atoms. The van der Waals surface area contributed by atoms with E-state index in [1.807, 2.05) is 0 Å². The molecule has 9 nitrogen and oxygen atoms in total. The number of carbonyl (C=O) groups excluding carboxylic acids is 3. The van der Waals surface area contributed by atoms with Gasteiger partial charge >= 0.3 is 0 Å². The molecule has 0 aromatic heterocycles. The van der Waals surface area contributed by atoms with Crippen LogP contribution in [0.15, 0.2) is 47.4 Å². The van der Waals surface area contributed by atoms with Crippen LogP contribution in [0.3, 0.4) is 0 Å². The molecule has 0 aliphatic carbocycles. The number of para-hydroxylation sites is 1. The first-order valence-corrected chi connectivity index (χ1v) is 10.8. The molecule has 1 unspecified atom stereocenters. The molecule has 1 fully saturated rings. The van der Waals surface area contributed by atoms with Crippen molar-refractivity contribution in [1.29, 1.82) is 0 Å². The van der Waals surface area contributed by atoms with Gasteiger partial charge < -0.3 is 10.1 Å². The molecule has 1 atom stereocenters. The Balaban J connectivity index is 1.55. The van der Waals surface area contributed by atoms with E-state index in [9.17, 15) is 22.8 Å². The molecule has 2 aliphatic heterocycles. The molecular weight excluding hydrogens is 410 g/mol. The Labute approximate surface area is 172 Å². The number of amides is 3. The standard InChI is InChI=1S/C20H19N3O6S/c24-18(21-11-12-4-3-9-29-12)15-5-1-2-6-17(15)23-30(27,28)13-7-8-14-16(10-13)20(26)22-19(14)25/h1-2,5-8,10,12,23H,3-4,9,11H2,(H,21,24)(H,22,25,26). The van der Waals surface area contributed by atoms with Gasteiger partial charge in [-0.05, 0) is 43.2 Å². The average Bonchev–Trinajstić information content (AvgIpc) is 3.34. The van der Waals surface area contributed by atoms with Crippen molar-refractivity contribution in [2.45, 2.75) is 23.8 Å². The summed E-state index contributed by atoms with van der Waals surface area (Å²) in [6.45, 7) is 1.01. The van der Waals surface area contributed by atoms with Gasteiger partial charge in [0.15, 0.2) is 0 Å². The first-order valence-electron chi connectivity index (χ1n) is 9.36. The summed E-state index contributed by atoms with van der Waals surface area (Å²) in [6, 6.07) is 9.87. The van der Waals surface area contributed by atoms with Gasteiger partial charge in [0.1, 0.15) is 0 Å². The monoisotopic (exact) mass is 429 g/mol. The summed E-state index contributed by atoms with van der Waals surface area (Å²) in [6.07, 6.45) is 1.77. The number of ether oxygens (including phenoxy) is 1. The van der Waals surface area contributed by atoms with Crippen LogP contribution in [0.2, 0.25) is 0 Å². The summed E-state index contributed by atoms with van der Waals surface area (Å²) >= 11 is 0. The molecule has 2 heterocycles. The fraction of sp³-hybridized carbons (Fsp3) is 0.250. The van der Waals surface area contributed by atoms with Crippen molar-refractivity contribution >= 4 is 33.4 Å². The number of carbonyl (C=O) groups is 3. The molecular formula is C20H19N3O6S. The lowest BCUT2D eigenvalue weighted by molar-refractivity contribution is 0.0856. The number of hydrogen-bond donors (Lipinski definition) is 3. The van der Waals surface area contributed by atoms with E-state index < -0.39 is 27.7 Å². The fourth-order valence-corrected chi connectivity index (χ4v) is 4.50. The molecule has 2 aliphatic rings. The lowest BCUT2D eigenvalue weighted by Crippen LogP contribution is -2.32. The lowest BCUT2D eigenvalue weighted by Gasteiger charge is -2.14. The van der Waals surface area contributed by atoms with Crippen LogP contribution in [-0.4, -0.2) is 45.4 Å². The number of hydrogen-bond acceptors (Lipinski definition) is 6. The molecule has 2 aromatic rings. The SMILES string of the molecule is O=C(NCC1CCCO1)c1ccccc1NS(=O)(=O)c1ccc2c(c1)C(=O)NC2=O. The number of imide groups is 1. The number of rotatable bonds is 6. The number of benzene rings is 2. The van der Waals surface area contributed by atoms with E-state index in [1.54, 1.807) is 12.1 Å². The van der Waals surface area contributed by atoms with E-state index in [0.717, 1.165) is 18.9 Å². The van der Waals surface area contributed by atoms with E-state index in [2.05, 4.69) is 15.4 Å². The molecule has 1 saturated heterocycles. The van der Waals surface area contributed by atoms with Crippen LogP contribution in [0, 0.1) is 0 Å². The van der Waals surface area contributed by atoms with E-state index in [-0.39, 0.29) is 33.4 Å². The summed E-state index contributed by atoms with van der Waals surface area (Å²) in [5, 5.41) is 4.88. The van der Waals surface area contributed by atoms with Crippen molar-refractivity contribution < 1.29 is 27.5 Å². The largest absolute Gasteiger partial charge is 0.376 e. The van der Waals surface area contributed by atoms with Gasteiger partial charge in [-0.25, -0.2) is 8.42 Å². The first kappa shape index (κ1) is 20.0. The molecule has 3 amide bonds. The molecule has 156 valence electrons. The highest BCUT2D eigenvalue weighted by Crippen LogP contribution is 2.24. The highest BCUT2D eigenvalue weighted by atomic mass is 32.2. The minimum atomic E-state index is -4.11. The van der Waals surface area contributed by atoms with Crippen molar-refractivity contribution in [3.8, 4) is 0 Å². The quantitative estimate of drug-likeness (QED) is 0.593. The number of sulfonamides is 1. The van der Waals surface area contributed by atoms with Gasteiger partial charge in [-0.3, -0.25) is 24.4 Å². The highest BCUT2D eigenvalue weighted by Gasteiger charge is 2.29. The predicted octanol–water partition coefficient (Wildman–Crippen LogP) is 1.28. The molecule has 30 heavy (non-hydrogen) atoms. The third-order valence-corrected chi connectivity index (χ3v) is 6.31. The van der Waals surface area contributed by atoms with Gasteiger partial charge in [0.2, 0.25) is 0 Å². The first-order chi connectivity index (χ1) is 14.3. The summed E-state index contributed by atoms with van der Waals surface area (Å²) in [5.41, 5.74) is 0.370. The maximum absolute atomic E-state index is 12.9. The van der Waals surface area contributed by atoms with Crippen molar-refractivity contribution in [2.24, 2.45) is 0 Å². The molecule has 0 radical (unpaired) electrons. The second-order valence-corrected chi connectivity index (χ2v) is 8.67. The van der Waals surface area contributed by atoms with Crippen molar-refractivity contribution in [3.63, 3.8) is 0 Å². The van der Waals surface area contributed by atoms with E-state index in [4.69, 9.17) is 4.74 Å². The van der Waals surface area contributed by atoms with Crippen molar-refractivity contribution in [2.75, 3.05) is 17.9 Å². The van der Waals surface area contributed by atoms with Crippen LogP contribution in [-0.2, 0) is 14.8 Å². The van der Waals surface area contributed by atoms with Crippen LogP contribution >= 0.6 is 0 Å². The van der Waals surface area contributed by atoms with Gasteiger partial charge in [-0.15, -0.1) is 0 Å². The van der Waals surface area contributed by atoms with E-state index >= 15 is 0 Å². The number of nitrogens with one attached hydrogen (secondary N) is 3. The maximum atomic E-state index is 12.9. The third-order valence-electron chi connectivity index (χ3n) is 4.95. The minimum absolute atomic E-state index is 0.00883. The van der Waals surface area contributed by atoms with Crippen LogP contribution in [0.1, 0.15) is 43.9 Å². The van der Waals surface area contributed by atoms with Gasteiger partial charge in [0.25, 0.3) is 27.7 Å². The van der Waals surface area contributed by atoms with Crippen LogP contribution in [0.25, 0.3) is 0 Å². The summed E-state index contributed by atoms with van der Waals surface area (Å²) < 4.78 is 33.6. The zero-order valence-corrected chi connectivity index (χ0v) is 16.6. The van der Waals surface area contributed by atoms with Gasteiger partial charge in [-0.1, -0.05) is 12.1 Å². The second-order valence-electron chi connectivity index (χ2n) is 6.99. The van der Waals surface area contributed by atoms with Gasteiger partial charge in [0.05, 0.1) is 33.4 Å². The van der Waals surface area contributed by atoms with Crippen LogP contribution in [0.4, 0.5) is 5.69 Å². The molecule has 0 bridgehead atoms.